The Balaban J connectivity index is 2.05. The summed E-state index contributed by atoms with van der Waals surface area (Å²) in [5, 5.41) is 0. The Hall–Kier alpha value is -1.62. The molecule has 1 aliphatic heterocycles. The number of carbonyl (C=O) groups is 1. The van der Waals surface area contributed by atoms with E-state index in [-0.39, 0.29) is 11.9 Å². The summed E-state index contributed by atoms with van der Waals surface area (Å²) in [5.74, 6) is 0.941. The fourth-order valence-corrected chi connectivity index (χ4v) is 2.17. The Bertz CT molecular complexity index is 441. The third-order valence-corrected chi connectivity index (χ3v) is 3.90. The van der Waals surface area contributed by atoms with Crippen LogP contribution in [-0.4, -0.2) is 55.2 Å². The van der Waals surface area contributed by atoms with Crippen LogP contribution in [0.25, 0.3) is 0 Å². The number of hydrogen-bond acceptors (Lipinski definition) is 4. The SMILES string of the molecule is CCC(C)N(C)C(=O)c1ccc(N2CCOCC2)nc1. The summed E-state index contributed by atoms with van der Waals surface area (Å²) in [6.07, 6.45) is 2.62. The Morgan fingerprint density at radius 2 is 2.15 bits per heavy atom. The fraction of sp³-hybridized carbons (Fsp3) is 0.600. The summed E-state index contributed by atoms with van der Waals surface area (Å²) in [4.78, 5) is 20.6. The van der Waals surface area contributed by atoms with E-state index in [4.69, 9.17) is 4.74 Å². The molecule has 5 heteroatoms. The van der Waals surface area contributed by atoms with Gasteiger partial charge < -0.3 is 14.5 Å². The number of amides is 1. The molecule has 2 heterocycles. The minimum atomic E-state index is 0.0281. The van der Waals surface area contributed by atoms with E-state index in [1.165, 1.54) is 0 Å². The van der Waals surface area contributed by atoms with Crippen molar-refractivity contribution >= 4 is 11.7 Å². The predicted octanol–water partition coefficient (Wildman–Crippen LogP) is 1.79. The third kappa shape index (κ3) is 3.28. The zero-order chi connectivity index (χ0) is 14.5. The summed E-state index contributed by atoms with van der Waals surface area (Å²) in [7, 11) is 1.84. The van der Waals surface area contributed by atoms with Crippen molar-refractivity contribution in [1.29, 1.82) is 0 Å². The van der Waals surface area contributed by atoms with Crippen LogP contribution in [0.3, 0.4) is 0 Å². The molecule has 1 fully saturated rings. The zero-order valence-electron chi connectivity index (χ0n) is 12.5. The minimum Gasteiger partial charge on any atom is -0.378 e. The van der Waals surface area contributed by atoms with E-state index in [1.54, 1.807) is 11.1 Å². The van der Waals surface area contributed by atoms with Crippen LogP contribution >= 0.6 is 0 Å². The van der Waals surface area contributed by atoms with Gasteiger partial charge in [-0.15, -0.1) is 0 Å². The molecule has 1 aromatic rings. The summed E-state index contributed by atoms with van der Waals surface area (Å²) in [6.45, 7) is 7.31. The lowest BCUT2D eigenvalue weighted by atomic mass is 10.2. The summed E-state index contributed by atoms with van der Waals surface area (Å²) in [5.41, 5.74) is 0.643. The van der Waals surface area contributed by atoms with E-state index in [0.717, 1.165) is 38.5 Å². The Labute approximate surface area is 120 Å². The second kappa shape index (κ2) is 6.70. The van der Waals surface area contributed by atoms with Gasteiger partial charge >= 0.3 is 0 Å². The molecule has 1 atom stereocenters. The number of carbonyl (C=O) groups excluding carboxylic acids is 1. The predicted molar refractivity (Wildman–Crippen MR) is 79.1 cm³/mol. The summed E-state index contributed by atoms with van der Waals surface area (Å²) in [6, 6.07) is 4.02. The number of anilines is 1. The van der Waals surface area contributed by atoms with E-state index in [1.807, 2.05) is 26.1 Å². The maximum Gasteiger partial charge on any atom is 0.255 e. The molecule has 1 aliphatic rings. The first-order valence-electron chi connectivity index (χ1n) is 7.19. The monoisotopic (exact) mass is 277 g/mol. The molecule has 1 aromatic heterocycles. The molecule has 1 saturated heterocycles. The topological polar surface area (TPSA) is 45.7 Å². The van der Waals surface area contributed by atoms with Gasteiger partial charge in [0.2, 0.25) is 0 Å². The lowest BCUT2D eigenvalue weighted by Crippen LogP contribution is -2.37. The highest BCUT2D eigenvalue weighted by molar-refractivity contribution is 5.94. The van der Waals surface area contributed by atoms with Gasteiger partial charge in [0.25, 0.3) is 5.91 Å². The number of hydrogen-bond donors (Lipinski definition) is 0. The van der Waals surface area contributed by atoms with Gasteiger partial charge in [-0.3, -0.25) is 4.79 Å². The van der Waals surface area contributed by atoms with Crippen LogP contribution in [0.2, 0.25) is 0 Å². The molecule has 0 aliphatic carbocycles. The fourth-order valence-electron chi connectivity index (χ4n) is 2.17. The molecule has 1 unspecified atom stereocenters. The second-order valence-corrected chi connectivity index (χ2v) is 5.18. The first kappa shape index (κ1) is 14.8. The van der Waals surface area contributed by atoms with Gasteiger partial charge in [0, 0.05) is 32.4 Å². The average Bonchev–Trinajstić information content (AvgIpc) is 2.53. The zero-order valence-corrected chi connectivity index (χ0v) is 12.5. The molecular weight excluding hydrogens is 254 g/mol. The normalized spacial score (nSPS) is 16.9. The highest BCUT2D eigenvalue weighted by atomic mass is 16.5. The standard InChI is InChI=1S/C15H23N3O2/c1-4-12(2)17(3)15(19)13-5-6-14(16-11-13)18-7-9-20-10-8-18/h5-6,11-12H,4,7-10H2,1-3H3. The number of morpholine rings is 1. The van der Waals surface area contributed by atoms with Gasteiger partial charge in [-0.2, -0.15) is 0 Å². The molecular formula is C15H23N3O2. The number of aromatic nitrogens is 1. The lowest BCUT2D eigenvalue weighted by Gasteiger charge is -2.28. The van der Waals surface area contributed by atoms with Gasteiger partial charge in [0.1, 0.15) is 5.82 Å². The van der Waals surface area contributed by atoms with Gasteiger partial charge in [0.15, 0.2) is 0 Å². The second-order valence-electron chi connectivity index (χ2n) is 5.18. The van der Waals surface area contributed by atoms with E-state index in [0.29, 0.717) is 5.56 Å². The van der Waals surface area contributed by atoms with Gasteiger partial charge in [-0.1, -0.05) is 6.92 Å². The molecule has 0 saturated carbocycles. The van der Waals surface area contributed by atoms with Crippen molar-refractivity contribution in [3.05, 3.63) is 23.9 Å². The van der Waals surface area contributed by atoms with Crippen molar-refractivity contribution in [2.45, 2.75) is 26.3 Å². The number of pyridine rings is 1. The van der Waals surface area contributed by atoms with Crippen molar-refractivity contribution in [3.63, 3.8) is 0 Å². The molecule has 0 N–H and O–H groups in total. The van der Waals surface area contributed by atoms with E-state index < -0.39 is 0 Å². The van der Waals surface area contributed by atoms with Crippen LogP contribution < -0.4 is 4.90 Å². The maximum absolute atomic E-state index is 12.3. The van der Waals surface area contributed by atoms with Crippen LogP contribution in [0.5, 0.6) is 0 Å². The number of rotatable bonds is 4. The summed E-state index contributed by atoms with van der Waals surface area (Å²) >= 11 is 0. The average molecular weight is 277 g/mol. The highest BCUT2D eigenvalue weighted by Gasteiger charge is 2.17. The van der Waals surface area contributed by atoms with E-state index >= 15 is 0 Å². The van der Waals surface area contributed by atoms with Crippen molar-refractivity contribution < 1.29 is 9.53 Å². The van der Waals surface area contributed by atoms with Gasteiger partial charge in [-0.25, -0.2) is 4.98 Å². The molecule has 0 bridgehead atoms. The van der Waals surface area contributed by atoms with E-state index in [2.05, 4.69) is 16.8 Å². The van der Waals surface area contributed by atoms with Crippen LogP contribution in [0.1, 0.15) is 30.6 Å². The molecule has 0 aromatic carbocycles. The maximum atomic E-state index is 12.3. The third-order valence-electron chi connectivity index (χ3n) is 3.90. The van der Waals surface area contributed by atoms with Crippen molar-refractivity contribution in [2.75, 3.05) is 38.3 Å². The highest BCUT2D eigenvalue weighted by Crippen LogP contribution is 2.14. The molecule has 0 spiro atoms. The Morgan fingerprint density at radius 1 is 1.45 bits per heavy atom. The largest absolute Gasteiger partial charge is 0.378 e. The van der Waals surface area contributed by atoms with Crippen LogP contribution in [0.4, 0.5) is 5.82 Å². The number of ether oxygens (including phenoxy) is 1. The molecule has 1 amide bonds. The molecule has 0 radical (unpaired) electrons. The first-order valence-corrected chi connectivity index (χ1v) is 7.19. The Morgan fingerprint density at radius 3 is 2.70 bits per heavy atom. The lowest BCUT2D eigenvalue weighted by molar-refractivity contribution is 0.0740. The van der Waals surface area contributed by atoms with E-state index in [9.17, 15) is 4.79 Å². The van der Waals surface area contributed by atoms with Crippen molar-refractivity contribution in [2.24, 2.45) is 0 Å². The molecule has 110 valence electrons. The van der Waals surface area contributed by atoms with Crippen molar-refractivity contribution in [1.82, 2.24) is 9.88 Å². The van der Waals surface area contributed by atoms with Crippen molar-refractivity contribution in [3.8, 4) is 0 Å². The van der Waals surface area contributed by atoms with Crippen LogP contribution in [-0.2, 0) is 4.74 Å². The van der Waals surface area contributed by atoms with Gasteiger partial charge in [0.05, 0.1) is 18.8 Å². The quantitative estimate of drug-likeness (QED) is 0.841. The molecule has 2 rings (SSSR count). The summed E-state index contributed by atoms with van der Waals surface area (Å²) < 4.78 is 5.32. The molecule has 5 nitrogen and oxygen atoms in total. The first-order chi connectivity index (χ1) is 9.63. The minimum absolute atomic E-state index is 0.0281. The number of nitrogens with zero attached hydrogens (tertiary/aromatic N) is 3. The van der Waals surface area contributed by atoms with Crippen LogP contribution in [0.15, 0.2) is 18.3 Å². The smallest absolute Gasteiger partial charge is 0.255 e. The Kier molecular flexibility index (Phi) is 4.95. The van der Waals surface area contributed by atoms with Gasteiger partial charge in [-0.05, 0) is 25.5 Å². The molecule has 20 heavy (non-hydrogen) atoms. The van der Waals surface area contributed by atoms with Crippen LogP contribution in [0, 0.1) is 0 Å².